The number of carbonyl (C=O) groups excluding carboxylic acids is 1. The van der Waals surface area contributed by atoms with E-state index in [1.165, 1.54) is 0 Å². The van der Waals surface area contributed by atoms with Gasteiger partial charge in [0.15, 0.2) is 0 Å². The van der Waals surface area contributed by atoms with Gasteiger partial charge in [-0.15, -0.1) is 0 Å². The Morgan fingerprint density at radius 1 is 1.08 bits per heavy atom. The van der Waals surface area contributed by atoms with Gasteiger partial charge in [-0.3, -0.25) is 0 Å². The van der Waals surface area contributed by atoms with Crippen LogP contribution in [0.2, 0.25) is 0 Å². The lowest BCUT2D eigenvalue weighted by Gasteiger charge is -2.29. The van der Waals surface area contributed by atoms with Gasteiger partial charge in [0.2, 0.25) is 0 Å². The minimum atomic E-state index is -0.506. The molecule has 1 atom stereocenters. The van der Waals surface area contributed by atoms with Gasteiger partial charge in [-0.1, -0.05) is 6.07 Å². The maximum atomic E-state index is 12.6. The van der Waals surface area contributed by atoms with Crippen molar-refractivity contribution < 1.29 is 19.0 Å². The monoisotopic (exact) mass is 357 g/mol. The Hall–Kier alpha value is -2.43. The fraction of sp³-hybridized carbons (Fsp3) is 0.476. The Kier molecular flexibility index (Phi) is 4.99. The standard InChI is InChI=1S/C21H27NO4/c1-21(2,3)26-20(23)22-10-6-7-18(22)17-12-14-8-9-16(24-4)11-15(14)13-19(17)25-5/h8-9,11-13,18H,6-7,10H2,1-5H3. The van der Waals surface area contributed by atoms with Crippen LogP contribution in [-0.4, -0.2) is 37.4 Å². The van der Waals surface area contributed by atoms with Gasteiger partial charge in [0.1, 0.15) is 17.1 Å². The van der Waals surface area contributed by atoms with Crippen LogP contribution in [0, 0.1) is 0 Å². The summed E-state index contributed by atoms with van der Waals surface area (Å²) in [6.07, 6.45) is 1.59. The summed E-state index contributed by atoms with van der Waals surface area (Å²) in [4.78, 5) is 14.5. The Morgan fingerprint density at radius 3 is 2.50 bits per heavy atom. The molecule has 0 saturated carbocycles. The van der Waals surface area contributed by atoms with Crippen LogP contribution in [0.15, 0.2) is 30.3 Å². The highest BCUT2D eigenvalue weighted by Gasteiger charge is 2.34. The molecule has 2 aromatic rings. The molecule has 0 aliphatic carbocycles. The van der Waals surface area contributed by atoms with E-state index in [1.807, 2.05) is 49.9 Å². The van der Waals surface area contributed by atoms with Crippen molar-refractivity contribution in [2.24, 2.45) is 0 Å². The number of likely N-dealkylation sites (tertiary alicyclic amines) is 1. The van der Waals surface area contributed by atoms with Gasteiger partial charge in [0.05, 0.1) is 20.3 Å². The molecule has 1 aliphatic heterocycles. The zero-order valence-corrected chi connectivity index (χ0v) is 16.2. The van der Waals surface area contributed by atoms with Crippen molar-refractivity contribution in [3.8, 4) is 11.5 Å². The smallest absolute Gasteiger partial charge is 0.410 e. The van der Waals surface area contributed by atoms with Gasteiger partial charge in [-0.2, -0.15) is 0 Å². The average molecular weight is 357 g/mol. The molecular formula is C21H27NO4. The molecule has 0 aromatic heterocycles. The third-order valence-corrected chi connectivity index (χ3v) is 4.64. The number of fused-ring (bicyclic) bond motifs is 1. The van der Waals surface area contributed by atoms with Crippen molar-refractivity contribution in [2.45, 2.75) is 45.3 Å². The summed E-state index contributed by atoms with van der Waals surface area (Å²) in [7, 11) is 3.32. The summed E-state index contributed by atoms with van der Waals surface area (Å²) in [5.41, 5.74) is 0.516. The number of hydrogen-bond acceptors (Lipinski definition) is 4. The highest BCUT2D eigenvalue weighted by atomic mass is 16.6. The van der Waals surface area contributed by atoms with Crippen molar-refractivity contribution >= 4 is 16.9 Å². The topological polar surface area (TPSA) is 48.0 Å². The predicted molar refractivity (Wildman–Crippen MR) is 102 cm³/mol. The Labute approximate surface area is 154 Å². The lowest BCUT2D eigenvalue weighted by atomic mass is 9.98. The van der Waals surface area contributed by atoms with E-state index >= 15 is 0 Å². The van der Waals surface area contributed by atoms with Crippen molar-refractivity contribution in [3.63, 3.8) is 0 Å². The van der Waals surface area contributed by atoms with E-state index in [-0.39, 0.29) is 12.1 Å². The van der Waals surface area contributed by atoms with E-state index in [9.17, 15) is 4.79 Å². The van der Waals surface area contributed by atoms with Crippen LogP contribution < -0.4 is 9.47 Å². The van der Waals surface area contributed by atoms with E-state index in [4.69, 9.17) is 14.2 Å². The normalized spacial score (nSPS) is 17.4. The zero-order valence-electron chi connectivity index (χ0n) is 16.2. The summed E-state index contributed by atoms with van der Waals surface area (Å²) in [5.74, 6) is 1.59. The molecule has 1 unspecified atom stereocenters. The number of ether oxygens (including phenoxy) is 3. The lowest BCUT2D eigenvalue weighted by Crippen LogP contribution is -2.36. The number of rotatable bonds is 3. The van der Waals surface area contributed by atoms with Gasteiger partial charge in [0, 0.05) is 12.1 Å². The van der Waals surface area contributed by atoms with Gasteiger partial charge < -0.3 is 19.1 Å². The van der Waals surface area contributed by atoms with Gasteiger partial charge in [-0.25, -0.2) is 4.79 Å². The van der Waals surface area contributed by atoms with E-state index in [1.54, 1.807) is 14.2 Å². The summed E-state index contributed by atoms with van der Waals surface area (Å²) in [6.45, 7) is 6.36. The summed E-state index contributed by atoms with van der Waals surface area (Å²) >= 11 is 0. The van der Waals surface area contributed by atoms with Gasteiger partial charge in [-0.05, 0) is 68.7 Å². The van der Waals surface area contributed by atoms with E-state index < -0.39 is 5.60 Å². The molecule has 26 heavy (non-hydrogen) atoms. The third kappa shape index (κ3) is 3.71. The molecule has 0 N–H and O–H groups in total. The maximum Gasteiger partial charge on any atom is 0.410 e. The molecule has 0 bridgehead atoms. The Balaban J connectivity index is 1.98. The van der Waals surface area contributed by atoms with Crippen molar-refractivity contribution in [2.75, 3.05) is 20.8 Å². The van der Waals surface area contributed by atoms with Crippen LogP contribution in [0.25, 0.3) is 10.8 Å². The number of nitrogens with zero attached hydrogens (tertiary/aromatic N) is 1. The van der Waals surface area contributed by atoms with Crippen LogP contribution >= 0.6 is 0 Å². The first-order valence-corrected chi connectivity index (χ1v) is 8.97. The average Bonchev–Trinajstić information content (AvgIpc) is 3.08. The number of hydrogen-bond donors (Lipinski definition) is 0. The van der Waals surface area contributed by atoms with E-state index in [2.05, 4.69) is 6.07 Å². The molecule has 2 aromatic carbocycles. The van der Waals surface area contributed by atoms with Crippen LogP contribution in [0.4, 0.5) is 4.79 Å². The molecular weight excluding hydrogens is 330 g/mol. The second kappa shape index (κ2) is 7.06. The molecule has 3 rings (SSSR count). The molecule has 5 nitrogen and oxygen atoms in total. The second-order valence-corrected chi connectivity index (χ2v) is 7.64. The second-order valence-electron chi connectivity index (χ2n) is 7.64. The van der Waals surface area contributed by atoms with Gasteiger partial charge >= 0.3 is 6.09 Å². The SMILES string of the molecule is COc1ccc2cc(C3CCCN3C(=O)OC(C)(C)C)c(OC)cc2c1. The number of methoxy groups -OCH3 is 2. The fourth-order valence-electron chi connectivity index (χ4n) is 3.47. The summed E-state index contributed by atoms with van der Waals surface area (Å²) in [6, 6.07) is 10.1. The quantitative estimate of drug-likeness (QED) is 0.781. The highest BCUT2D eigenvalue weighted by molar-refractivity contribution is 5.86. The lowest BCUT2D eigenvalue weighted by molar-refractivity contribution is 0.0223. The fourth-order valence-corrected chi connectivity index (χ4v) is 3.47. The molecule has 1 saturated heterocycles. The number of benzene rings is 2. The first-order chi connectivity index (χ1) is 12.3. The number of carbonyl (C=O) groups is 1. The minimum absolute atomic E-state index is 0.0358. The van der Waals surface area contributed by atoms with E-state index in [0.717, 1.165) is 40.7 Å². The molecule has 5 heteroatoms. The molecule has 0 radical (unpaired) electrons. The van der Waals surface area contributed by atoms with Crippen LogP contribution in [0.5, 0.6) is 11.5 Å². The molecule has 1 amide bonds. The summed E-state index contributed by atoms with van der Waals surface area (Å²) in [5, 5.41) is 2.14. The Morgan fingerprint density at radius 2 is 1.85 bits per heavy atom. The largest absolute Gasteiger partial charge is 0.497 e. The van der Waals surface area contributed by atoms with Crippen LogP contribution in [0.3, 0.4) is 0 Å². The van der Waals surface area contributed by atoms with Crippen molar-refractivity contribution in [1.29, 1.82) is 0 Å². The van der Waals surface area contributed by atoms with Crippen molar-refractivity contribution in [3.05, 3.63) is 35.9 Å². The first kappa shape index (κ1) is 18.4. The highest BCUT2D eigenvalue weighted by Crippen LogP contribution is 2.40. The first-order valence-electron chi connectivity index (χ1n) is 8.97. The molecule has 1 fully saturated rings. The maximum absolute atomic E-state index is 12.6. The molecule has 0 spiro atoms. The Bertz CT molecular complexity index is 809. The molecule has 1 heterocycles. The predicted octanol–water partition coefficient (Wildman–Crippen LogP) is 4.93. The van der Waals surface area contributed by atoms with Crippen molar-refractivity contribution in [1.82, 2.24) is 4.90 Å². The minimum Gasteiger partial charge on any atom is -0.497 e. The third-order valence-electron chi connectivity index (χ3n) is 4.64. The van der Waals surface area contributed by atoms with Crippen LogP contribution in [0.1, 0.15) is 45.2 Å². The number of amides is 1. The van der Waals surface area contributed by atoms with E-state index in [0.29, 0.717) is 6.54 Å². The van der Waals surface area contributed by atoms with Crippen LogP contribution in [-0.2, 0) is 4.74 Å². The summed E-state index contributed by atoms with van der Waals surface area (Å²) < 4.78 is 16.6. The van der Waals surface area contributed by atoms with Gasteiger partial charge in [0.25, 0.3) is 0 Å². The molecule has 140 valence electrons. The zero-order chi connectivity index (χ0) is 18.9. The molecule has 1 aliphatic rings.